The van der Waals surface area contributed by atoms with Crippen LogP contribution in [0.5, 0.6) is 0 Å². The van der Waals surface area contributed by atoms with Crippen LogP contribution in [0.2, 0.25) is 0 Å². The summed E-state index contributed by atoms with van der Waals surface area (Å²) in [5, 5.41) is 10.8. The quantitative estimate of drug-likeness (QED) is 0.732. The number of nitrogens with one attached hydrogen (secondary N) is 1. The first kappa shape index (κ1) is 15.8. The Bertz CT molecular complexity index is 730. The second-order valence-electron chi connectivity index (χ2n) is 5.14. The average molecular weight is 302 g/mol. The summed E-state index contributed by atoms with van der Waals surface area (Å²) in [6, 6.07) is 4.72. The molecule has 0 unspecified atom stereocenters. The van der Waals surface area contributed by atoms with Gasteiger partial charge in [0.25, 0.3) is 0 Å². The molecule has 2 rings (SSSR count). The number of nitrogens with zero attached hydrogens (tertiary/aromatic N) is 2. The number of carbonyl (C=O) groups excluding carboxylic acids is 1. The van der Waals surface area contributed by atoms with Crippen molar-refractivity contribution in [3.63, 3.8) is 0 Å². The van der Waals surface area contributed by atoms with E-state index in [1.54, 1.807) is 0 Å². The van der Waals surface area contributed by atoms with Crippen molar-refractivity contribution in [2.75, 3.05) is 6.54 Å². The lowest BCUT2D eigenvalue weighted by molar-refractivity contribution is -0.138. The number of aryl methyl sites for hydroxylation is 2. The summed E-state index contributed by atoms with van der Waals surface area (Å²) in [7, 11) is 0. The Labute approximate surface area is 127 Å². The number of carbonyl (C=O) groups is 2. The highest BCUT2D eigenvalue weighted by molar-refractivity contribution is 5.85. The van der Waals surface area contributed by atoms with Gasteiger partial charge in [0, 0.05) is 0 Å². The normalized spacial score (nSPS) is 12.1. The Morgan fingerprint density at radius 3 is 2.50 bits per heavy atom. The molecule has 1 atom stereocenters. The van der Waals surface area contributed by atoms with Gasteiger partial charge in [-0.2, -0.15) is 0 Å². The van der Waals surface area contributed by atoms with Crippen LogP contribution in [0.15, 0.2) is 18.2 Å². The lowest BCUT2D eigenvalue weighted by Crippen LogP contribution is -2.43. The lowest BCUT2D eigenvalue weighted by atomic mass is 10.0. The topological polar surface area (TPSA) is 118 Å². The van der Waals surface area contributed by atoms with Crippen LogP contribution < -0.4 is 11.1 Å². The fourth-order valence-corrected chi connectivity index (χ4v) is 2.04. The van der Waals surface area contributed by atoms with Crippen LogP contribution in [0.1, 0.15) is 17.0 Å². The fraction of sp³-hybridized carbons (Fsp3) is 0.333. The first-order chi connectivity index (χ1) is 10.4. The number of aliphatic carboxylic acids is 1. The summed E-state index contributed by atoms with van der Waals surface area (Å²) >= 11 is 0. The Hall–Kier alpha value is -2.54. The van der Waals surface area contributed by atoms with E-state index in [0.717, 1.165) is 28.0 Å². The van der Waals surface area contributed by atoms with Gasteiger partial charge in [0.2, 0.25) is 5.91 Å². The molecule has 4 N–H and O–H groups in total. The Balaban J connectivity index is 2.12. The molecule has 7 nitrogen and oxygen atoms in total. The Morgan fingerprint density at radius 1 is 1.23 bits per heavy atom. The predicted molar refractivity (Wildman–Crippen MR) is 81.3 cm³/mol. The van der Waals surface area contributed by atoms with Crippen molar-refractivity contribution in [2.24, 2.45) is 5.73 Å². The zero-order valence-electron chi connectivity index (χ0n) is 12.5. The van der Waals surface area contributed by atoms with Gasteiger partial charge >= 0.3 is 5.97 Å². The lowest BCUT2D eigenvalue weighted by Gasteiger charge is -2.12. The van der Waals surface area contributed by atoms with Gasteiger partial charge < -0.3 is 16.2 Å². The van der Waals surface area contributed by atoms with Crippen LogP contribution in [-0.2, 0) is 16.0 Å². The van der Waals surface area contributed by atoms with Crippen molar-refractivity contribution in [3.8, 4) is 0 Å². The molecule has 1 amide bonds. The van der Waals surface area contributed by atoms with Crippen LogP contribution in [0, 0.1) is 13.8 Å². The largest absolute Gasteiger partial charge is 0.480 e. The third-order valence-electron chi connectivity index (χ3n) is 3.35. The van der Waals surface area contributed by atoms with Crippen molar-refractivity contribution in [1.29, 1.82) is 0 Å². The van der Waals surface area contributed by atoms with E-state index in [1.807, 2.05) is 32.0 Å². The smallest absolute Gasteiger partial charge is 0.322 e. The van der Waals surface area contributed by atoms with Crippen molar-refractivity contribution < 1.29 is 14.7 Å². The fourth-order valence-electron chi connectivity index (χ4n) is 2.04. The number of amides is 1. The summed E-state index contributed by atoms with van der Waals surface area (Å²) in [5.41, 5.74) is 9.91. The first-order valence-corrected chi connectivity index (χ1v) is 6.86. The number of fused-ring (bicyclic) bond motifs is 1. The van der Waals surface area contributed by atoms with Crippen molar-refractivity contribution in [2.45, 2.75) is 26.3 Å². The summed E-state index contributed by atoms with van der Waals surface area (Å²) in [6.45, 7) is 3.35. The van der Waals surface area contributed by atoms with Crippen molar-refractivity contribution in [3.05, 3.63) is 35.2 Å². The third kappa shape index (κ3) is 3.76. The molecule has 1 aromatic heterocycles. The van der Waals surface area contributed by atoms with E-state index < -0.39 is 24.5 Å². The van der Waals surface area contributed by atoms with Gasteiger partial charge in [-0.25, -0.2) is 9.97 Å². The molecule has 7 heteroatoms. The Kier molecular flexibility index (Phi) is 4.67. The Morgan fingerprint density at radius 2 is 1.86 bits per heavy atom. The summed E-state index contributed by atoms with van der Waals surface area (Å²) in [5.74, 6) is -1.60. The maximum absolute atomic E-state index is 11.7. The van der Waals surface area contributed by atoms with E-state index in [4.69, 9.17) is 10.8 Å². The monoisotopic (exact) mass is 302 g/mol. The van der Waals surface area contributed by atoms with Crippen LogP contribution >= 0.6 is 0 Å². The highest BCUT2D eigenvalue weighted by Crippen LogP contribution is 2.15. The van der Waals surface area contributed by atoms with Crippen LogP contribution in [-0.4, -0.2) is 39.5 Å². The molecule has 0 saturated heterocycles. The minimum atomic E-state index is -1.10. The zero-order valence-corrected chi connectivity index (χ0v) is 12.5. The molecular weight excluding hydrogens is 284 g/mol. The van der Waals surface area contributed by atoms with Gasteiger partial charge in [0.1, 0.15) is 6.54 Å². The van der Waals surface area contributed by atoms with E-state index in [1.165, 1.54) is 0 Å². The number of carboxylic acids is 1. The minimum absolute atomic E-state index is 0.302. The van der Waals surface area contributed by atoms with E-state index >= 15 is 0 Å². The molecule has 0 saturated carbocycles. The van der Waals surface area contributed by atoms with Crippen molar-refractivity contribution >= 4 is 22.9 Å². The number of hydrogen-bond donors (Lipinski definition) is 3. The molecule has 0 radical (unpaired) electrons. The van der Waals surface area contributed by atoms with E-state index in [9.17, 15) is 9.59 Å². The molecule has 116 valence electrons. The molecule has 0 aliphatic heterocycles. The van der Waals surface area contributed by atoms with Crippen LogP contribution in [0.3, 0.4) is 0 Å². The SMILES string of the molecule is Cc1nc2ccc(C[C@H](N)C(=O)NCC(=O)O)cc2nc1C. The molecule has 1 heterocycles. The number of hydrogen-bond acceptors (Lipinski definition) is 5. The van der Waals surface area contributed by atoms with E-state index in [0.29, 0.717) is 6.42 Å². The van der Waals surface area contributed by atoms with Gasteiger partial charge in [-0.15, -0.1) is 0 Å². The second kappa shape index (κ2) is 6.48. The molecule has 0 bridgehead atoms. The summed E-state index contributed by atoms with van der Waals surface area (Å²) < 4.78 is 0. The number of carboxylic acid groups (broad SMARTS) is 1. The molecule has 0 fully saturated rings. The molecular formula is C15H18N4O3. The highest BCUT2D eigenvalue weighted by Gasteiger charge is 2.15. The first-order valence-electron chi connectivity index (χ1n) is 6.86. The van der Waals surface area contributed by atoms with Gasteiger partial charge in [0.05, 0.1) is 28.5 Å². The molecule has 0 aliphatic rings. The van der Waals surface area contributed by atoms with Crippen LogP contribution in [0.25, 0.3) is 11.0 Å². The molecule has 1 aromatic carbocycles. The predicted octanol–water partition coefficient (Wildman–Crippen LogP) is 0.317. The maximum Gasteiger partial charge on any atom is 0.322 e. The zero-order chi connectivity index (χ0) is 16.3. The number of rotatable bonds is 5. The number of nitrogens with two attached hydrogens (primary N) is 1. The molecule has 2 aromatic rings. The standard InChI is InChI=1S/C15H18N4O3/c1-8-9(2)19-13-6-10(3-4-12(13)18-8)5-11(16)15(22)17-7-14(20)21/h3-4,6,11H,5,7,16H2,1-2H3,(H,17,22)(H,20,21)/t11-/m0/s1. The number of benzene rings is 1. The van der Waals surface area contributed by atoms with Gasteiger partial charge in [-0.05, 0) is 38.0 Å². The van der Waals surface area contributed by atoms with Gasteiger partial charge in [-0.1, -0.05) is 6.07 Å². The number of aromatic nitrogens is 2. The van der Waals surface area contributed by atoms with E-state index in [2.05, 4.69) is 15.3 Å². The third-order valence-corrected chi connectivity index (χ3v) is 3.35. The van der Waals surface area contributed by atoms with Crippen molar-refractivity contribution in [1.82, 2.24) is 15.3 Å². The molecule has 0 aliphatic carbocycles. The second-order valence-corrected chi connectivity index (χ2v) is 5.14. The van der Waals surface area contributed by atoms with Crippen LogP contribution in [0.4, 0.5) is 0 Å². The van der Waals surface area contributed by atoms with E-state index in [-0.39, 0.29) is 0 Å². The highest BCUT2D eigenvalue weighted by atomic mass is 16.4. The molecule has 0 spiro atoms. The molecule has 22 heavy (non-hydrogen) atoms. The van der Waals surface area contributed by atoms with Gasteiger partial charge in [0.15, 0.2) is 0 Å². The summed E-state index contributed by atoms with van der Waals surface area (Å²) in [4.78, 5) is 31.0. The summed E-state index contributed by atoms with van der Waals surface area (Å²) in [6.07, 6.45) is 0.302. The maximum atomic E-state index is 11.7. The minimum Gasteiger partial charge on any atom is -0.480 e. The average Bonchev–Trinajstić information content (AvgIpc) is 2.46. The van der Waals surface area contributed by atoms with Gasteiger partial charge in [-0.3, -0.25) is 9.59 Å².